The molecule has 0 bridgehead atoms. The summed E-state index contributed by atoms with van der Waals surface area (Å²) < 4.78 is 4.67. The van der Waals surface area contributed by atoms with Gasteiger partial charge in [-0.3, -0.25) is 4.98 Å². The Morgan fingerprint density at radius 3 is 3.09 bits per heavy atom. The van der Waals surface area contributed by atoms with Crippen LogP contribution >= 0.6 is 12.2 Å². The first-order valence-electron chi connectivity index (χ1n) is 3.23. The highest BCUT2D eigenvalue weighted by atomic mass is 32.1. The van der Waals surface area contributed by atoms with Crippen molar-refractivity contribution in [3.05, 3.63) is 10.7 Å². The molecular formula is C7H8N2OS. The molecule has 0 aliphatic carbocycles. The smallest absolute Gasteiger partial charge is 0.294 e. The number of nitrogens with one attached hydrogen (secondary N) is 1. The Hall–Kier alpha value is -1.08. The zero-order chi connectivity index (χ0) is 8.27. The summed E-state index contributed by atoms with van der Waals surface area (Å²) in [6, 6.07) is 0. The number of rotatable bonds is 2. The van der Waals surface area contributed by atoms with Crippen LogP contribution in [0.3, 0.4) is 0 Å². The van der Waals surface area contributed by atoms with E-state index in [1.807, 2.05) is 6.92 Å². The van der Waals surface area contributed by atoms with E-state index in [0.717, 1.165) is 0 Å². The van der Waals surface area contributed by atoms with Gasteiger partial charge in [-0.2, -0.15) is 0 Å². The number of H-pyrrole nitrogens is 1. The van der Waals surface area contributed by atoms with Gasteiger partial charge in [-0.25, -0.2) is 0 Å². The zero-order valence-corrected chi connectivity index (χ0v) is 6.94. The van der Waals surface area contributed by atoms with E-state index in [9.17, 15) is 0 Å². The van der Waals surface area contributed by atoms with E-state index < -0.39 is 0 Å². The van der Waals surface area contributed by atoms with Crippen LogP contribution in [0.25, 0.3) is 0 Å². The second-order valence-corrected chi connectivity index (χ2v) is 2.66. The molecule has 1 aromatic rings. The topological polar surface area (TPSA) is 41.8 Å². The number of aromatic amines is 1. The predicted molar refractivity (Wildman–Crippen MR) is 43.6 cm³/mol. The van der Waals surface area contributed by atoms with Gasteiger partial charge >= 0.3 is 0 Å². The summed E-state index contributed by atoms with van der Waals surface area (Å²) in [4.78, 5) is 3.10. The number of hydrogen-bond acceptors (Lipinski definition) is 3. The quantitative estimate of drug-likeness (QED) is 0.541. The first kappa shape index (κ1) is 8.02. The van der Waals surface area contributed by atoms with Gasteiger partial charge in [0, 0.05) is 12.3 Å². The van der Waals surface area contributed by atoms with Crippen molar-refractivity contribution in [2.45, 2.75) is 19.3 Å². The number of hydrogen-bond donors (Lipinski definition) is 1. The lowest BCUT2D eigenvalue weighted by atomic mass is 10.1. The molecule has 1 heterocycles. The van der Waals surface area contributed by atoms with Gasteiger partial charge in [-0.15, -0.1) is 12.3 Å². The molecule has 0 saturated heterocycles. The van der Waals surface area contributed by atoms with Gasteiger partial charge < -0.3 is 4.52 Å². The van der Waals surface area contributed by atoms with Gasteiger partial charge in [0.25, 0.3) is 4.84 Å². The van der Waals surface area contributed by atoms with Crippen LogP contribution in [0.1, 0.15) is 25.1 Å². The largest absolute Gasteiger partial charge is 0.324 e. The average molecular weight is 168 g/mol. The average Bonchev–Trinajstić information content (AvgIpc) is 2.36. The summed E-state index contributed by atoms with van der Waals surface area (Å²) in [6.45, 7) is 1.96. The van der Waals surface area contributed by atoms with Crippen molar-refractivity contribution in [1.82, 2.24) is 10.1 Å². The highest BCUT2D eigenvalue weighted by Crippen LogP contribution is 2.12. The highest BCUT2D eigenvalue weighted by molar-refractivity contribution is 7.71. The fourth-order valence-electron chi connectivity index (χ4n) is 0.727. The maximum atomic E-state index is 5.13. The fourth-order valence-corrected chi connectivity index (χ4v) is 0.869. The molecule has 0 radical (unpaired) electrons. The molecule has 1 aromatic heterocycles. The molecule has 0 aliphatic heterocycles. The molecule has 0 unspecified atom stereocenters. The number of nitrogens with zero attached hydrogens (tertiary/aromatic N) is 1. The monoisotopic (exact) mass is 168 g/mol. The maximum absolute atomic E-state index is 5.13. The molecular weight excluding hydrogens is 160 g/mol. The van der Waals surface area contributed by atoms with E-state index in [4.69, 9.17) is 18.6 Å². The number of aromatic nitrogens is 2. The molecule has 1 rings (SSSR count). The number of terminal acetylenes is 1. The second-order valence-electron chi connectivity index (χ2n) is 2.29. The molecule has 0 spiro atoms. The minimum Gasteiger partial charge on any atom is -0.324 e. The minimum atomic E-state index is 0.181. The van der Waals surface area contributed by atoms with Gasteiger partial charge in [0.2, 0.25) is 0 Å². The molecule has 4 heteroatoms. The Balaban J connectivity index is 2.78. The van der Waals surface area contributed by atoms with Crippen LogP contribution in [0.5, 0.6) is 0 Å². The van der Waals surface area contributed by atoms with E-state index in [2.05, 4.69) is 20.6 Å². The van der Waals surface area contributed by atoms with Gasteiger partial charge in [0.05, 0.1) is 0 Å². The third-order valence-electron chi connectivity index (χ3n) is 1.35. The Labute approximate surface area is 69.8 Å². The van der Waals surface area contributed by atoms with Crippen LogP contribution in [0.4, 0.5) is 0 Å². The molecule has 0 aliphatic rings. The Morgan fingerprint density at radius 1 is 1.91 bits per heavy atom. The molecule has 3 nitrogen and oxygen atoms in total. The van der Waals surface area contributed by atoms with Crippen molar-refractivity contribution in [2.75, 3.05) is 0 Å². The third-order valence-corrected chi connectivity index (χ3v) is 1.52. The molecule has 58 valence electrons. The van der Waals surface area contributed by atoms with Gasteiger partial charge in [-0.1, -0.05) is 12.1 Å². The van der Waals surface area contributed by atoms with Gasteiger partial charge in [-0.05, 0) is 12.2 Å². The molecule has 1 atom stereocenters. The molecule has 0 fully saturated rings. The van der Waals surface area contributed by atoms with Crippen molar-refractivity contribution in [3.63, 3.8) is 0 Å². The van der Waals surface area contributed by atoms with Crippen molar-refractivity contribution >= 4 is 12.2 Å². The molecule has 0 saturated carbocycles. The SMILES string of the molecule is C#CC[C@@H](C)c1noc(=S)[nH]1. The van der Waals surface area contributed by atoms with Crippen molar-refractivity contribution in [1.29, 1.82) is 0 Å². The lowest BCUT2D eigenvalue weighted by Gasteiger charge is -1.98. The first-order chi connectivity index (χ1) is 5.24. The van der Waals surface area contributed by atoms with Crippen molar-refractivity contribution in [2.24, 2.45) is 0 Å². The Morgan fingerprint density at radius 2 is 2.64 bits per heavy atom. The predicted octanol–water partition coefficient (Wildman–Crippen LogP) is 1.86. The van der Waals surface area contributed by atoms with E-state index in [1.54, 1.807) is 0 Å². The fraction of sp³-hybridized carbons (Fsp3) is 0.429. The maximum Gasteiger partial charge on any atom is 0.294 e. The van der Waals surface area contributed by atoms with Crippen LogP contribution < -0.4 is 0 Å². The van der Waals surface area contributed by atoms with Crippen molar-refractivity contribution < 1.29 is 4.52 Å². The zero-order valence-electron chi connectivity index (χ0n) is 6.13. The highest BCUT2D eigenvalue weighted by Gasteiger charge is 2.07. The van der Waals surface area contributed by atoms with Crippen LogP contribution in [0, 0.1) is 17.2 Å². The molecule has 0 aromatic carbocycles. The molecule has 0 amide bonds. The molecule has 11 heavy (non-hydrogen) atoms. The van der Waals surface area contributed by atoms with Crippen LogP contribution in [0.2, 0.25) is 0 Å². The van der Waals surface area contributed by atoms with Crippen molar-refractivity contribution in [3.8, 4) is 12.3 Å². The molecule has 1 N–H and O–H groups in total. The Bertz CT molecular complexity index is 320. The van der Waals surface area contributed by atoms with Gasteiger partial charge in [0.15, 0.2) is 5.82 Å². The lowest BCUT2D eigenvalue weighted by molar-refractivity contribution is 0.395. The van der Waals surface area contributed by atoms with E-state index in [-0.39, 0.29) is 5.92 Å². The van der Waals surface area contributed by atoms with E-state index in [0.29, 0.717) is 17.1 Å². The van der Waals surface area contributed by atoms with Gasteiger partial charge in [0.1, 0.15) is 0 Å². The summed E-state index contributed by atoms with van der Waals surface area (Å²) in [6.07, 6.45) is 5.76. The van der Waals surface area contributed by atoms with Crippen LogP contribution in [-0.4, -0.2) is 10.1 Å². The lowest BCUT2D eigenvalue weighted by Crippen LogP contribution is -1.93. The minimum absolute atomic E-state index is 0.181. The van der Waals surface area contributed by atoms with Crippen LogP contribution in [-0.2, 0) is 0 Å². The standard InChI is InChI=1S/C7H8N2OS/c1-3-4-5(2)6-8-7(11)10-9-6/h1,5H,4H2,2H3,(H,8,9,11)/t5-/m1/s1. The summed E-state index contributed by atoms with van der Waals surface area (Å²) in [5.41, 5.74) is 0. The second kappa shape index (κ2) is 3.35. The normalized spacial score (nSPS) is 12.4. The van der Waals surface area contributed by atoms with E-state index in [1.165, 1.54) is 0 Å². The van der Waals surface area contributed by atoms with E-state index >= 15 is 0 Å². The summed E-state index contributed by atoms with van der Waals surface area (Å²) >= 11 is 4.70. The third kappa shape index (κ3) is 1.92. The summed E-state index contributed by atoms with van der Waals surface area (Å²) in [5, 5.41) is 3.70. The van der Waals surface area contributed by atoms with Crippen LogP contribution in [0.15, 0.2) is 4.52 Å². The Kier molecular flexibility index (Phi) is 2.44. The summed E-state index contributed by atoms with van der Waals surface area (Å²) in [5.74, 6) is 3.44. The first-order valence-corrected chi connectivity index (χ1v) is 3.64. The summed E-state index contributed by atoms with van der Waals surface area (Å²) in [7, 11) is 0.